The van der Waals surface area contributed by atoms with Crippen molar-refractivity contribution in [2.24, 2.45) is 0 Å². The number of aromatic nitrogens is 2. The van der Waals surface area contributed by atoms with Crippen LogP contribution in [-0.4, -0.2) is 47.6 Å². The van der Waals surface area contributed by atoms with Gasteiger partial charge in [-0.1, -0.05) is 0 Å². The first kappa shape index (κ1) is 17.1. The van der Waals surface area contributed by atoms with Gasteiger partial charge in [0.05, 0.1) is 18.2 Å². The van der Waals surface area contributed by atoms with Crippen LogP contribution >= 0.6 is 0 Å². The van der Waals surface area contributed by atoms with Crippen LogP contribution in [0.4, 0.5) is 0 Å². The van der Waals surface area contributed by atoms with E-state index in [9.17, 15) is 14.4 Å². The number of nitrogens with one attached hydrogen (secondary N) is 1. The third-order valence-electron chi connectivity index (χ3n) is 2.99. The molecule has 124 valence electrons. The number of pyridine rings is 2. The second-order valence-electron chi connectivity index (χ2n) is 4.63. The van der Waals surface area contributed by atoms with Crippen LogP contribution in [0.2, 0.25) is 0 Å². The van der Waals surface area contributed by atoms with E-state index in [0.717, 1.165) is 0 Å². The number of esters is 2. The number of rotatable bonds is 6. The van der Waals surface area contributed by atoms with E-state index in [4.69, 9.17) is 4.74 Å². The van der Waals surface area contributed by atoms with Crippen LogP contribution in [0.3, 0.4) is 0 Å². The Labute approximate surface area is 137 Å². The normalized spacial score (nSPS) is 11.2. The largest absolute Gasteiger partial charge is 0.467 e. The summed E-state index contributed by atoms with van der Waals surface area (Å²) in [4.78, 5) is 43.4. The number of nitrogens with zero attached hydrogens (tertiary/aromatic N) is 2. The first-order valence-corrected chi connectivity index (χ1v) is 6.97. The molecule has 0 bridgehead atoms. The predicted molar refractivity (Wildman–Crippen MR) is 82.0 cm³/mol. The average Bonchev–Trinajstić information content (AvgIpc) is 2.65. The molecule has 2 heterocycles. The van der Waals surface area contributed by atoms with Gasteiger partial charge in [-0.3, -0.25) is 14.8 Å². The summed E-state index contributed by atoms with van der Waals surface area (Å²) in [6.07, 6.45) is 5.72. The van der Waals surface area contributed by atoms with Gasteiger partial charge in [0, 0.05) is 24.8 Å². The second kappa shape index (κ2) is 8.37. The van der Waals surface area contributed by atoms with E-state index in [1.54, 1.807) is 18.2 Å². The third-order valence-corrected chi connectivity index (χ3v) is 2.99. The smallest absolute Gasteiger partial charge is 0.339 e. The predicted octanol–water partition coefficient (Wildman–Crippen LogP) is 0.605. The van der Waals surface area contributed by atoms with Crippen molar-refractivity contribution in [3.8, 4) is 0 Å². The summed E-state index contributed by atoms with van der Waals surface area (Å²) >= 11 is 0. The molecule has 0 radical (unpaired) electrons. The van der Waals surface area contributed by atoms with Crippen molar-refractivity contribution in [2.45, 2.75) is 6.04 Å². The average molecular weight is 329 g/mol. The minimum absolute atomic E-state index is 0.236. The monoisotopic (exact) mass is 329 g/mol. The Balaban J connectivity index is 2.00. The van der Waals surface area contributed by atoms with Crippen LogP contribution in [0.1, 0.15) is 20.7 Å². The fourth-order valence-electron chi connectivity index (χ4n) is 1.78. The van der Waals surface area contributed by atoms with E-state index in [2.05, 4.69) is 20.0 Å². The molecule has 2 aromatic rings. The highest BCUT2D eigenvalue weighted by atomic mass is 16.5. The van der Waals surface area contributed by atoms with Crippen LogP contribution < -0.4 is 5.32 Å². The molecule has 0 aliphatic carbocycles. The molecule has 0 aromatic carbocycles. The van der Waals surface area contributed by atoms with E-state index in [-0.39, 0.29) is 17.7 Å². The molecule has 0 fully saturated rings. The van der Waals surface area contributed by atoms with Gasteiger partial charge in [-0.05, 0) is 24.3 Å². The maximum absolute atomic E-state index is 12.1. The van der Waals surface area contributed by atoms with E-state index < -0.39 is 23.9 Å². The van der Waals surface area contributed by atoms with Gasteiger partial charge in [0.1, 0.15) is 6.61 Å². The zero-order valence-corrected chi connectivity index (χ0v) is 12.8. The van der Waals surface area contributed by atoms with Crippen molar-refractivity contribution in [1.82, 2.24) is 15.3 Å². The molecule has 0 saturated carbocycles. The Morgan fingerprint density at radius 2 is 1.71 bits per heavy atom. The number of hydrogen-bond acceptors (Lipinski definition) is 7. The Bertz CT molecular complexity index is 706. The SMILES string of the molecule is COC(=O)[C@H](COC(=O)c1cccnc1)NC(=O)c1cccnc1. The fraction of sp³-hybridized carbons (Fsp3) is 0.188. The molecule has 2 rings (SSSR count). The van der Waals surface area contributed by atoms with Gasteiger partial charge in [-0.15, -0.1) is 0 Å². The van der Waals surface area contributed by atoms with Gasteiger partial charge >= 0.3 is 11.9 Å². The maximum atomic E-state index is 12.1. The van der Waals surface area contributed by atoms with Crippen molar-refractivity contribution in [3.63, 3.8) is 0 Å². The Kier molecular flexibility index (Phi) is 5.95. The number of carbonyl (C=O) groups excluding carboxylic acids is 3. The molecule has 0 unspecified atom stereocenters. The van der Waals surface area contributed by atoms with E-state index in [0.29, 0.717) is 0 Å². The summed E-state index contributed by atoms with van der Waals surface area (Å²) in [6, 6.07) is 5.10. The number of ether oxygens (including phenoxy) is 2. The Morgan fingerprint density at radius 3 is 2.25 bits per heavy atom. The van der Waals surface area contributed by atoms with Crippen LogP contribution in [0.25, 0.3) is 0 Å². The molecular formula is C16H15N3O5. The van der Waals surface area contributed by atoms with Gasteiger partial charge in [0.2, 0.25) is 0 Å². The molecule has 0 saturated heterocycles. The zero-order chi connectivity index (χ0) is 17.4. The maximum Gasteiger partial charge on any atom is 0.339 e. The minimum atomic E-state index is -1.14. The van der Waals surface area contributed by atoms with Crippen molar-refractivity contribution >= 4 is 17.8 Å². The second-order valence-corrected chi connectivity index (χ2v) is 4.63. The van der Waals surface area contributed by atoms with Crippen molar-refractivity contribution < 1.29 is 23.9 Å². The van der Waals surface area contributed by atoms with Crippen LogP contribution in [-0.2, 0) is 14.3 Å². The zero-order valence-electron chi connectivity index (χ0n) is 12.8. The van der Waals surface area contributed by atoms with Gasteiger partial charge in [0.15, 0.2) is 6.04 Å². The summed E-state index contributed by atoms with van der Waals surface area (Å²) < 4.78 is 9.65. The van der Waals surface area contributed by atoms with E-state index in [1.807, 2.05) is 0 Å². The first-order valence-electron chi connectivity index (χ1n) is 6.97. The number of methoxy groups -OCH3 is 1. The molecule has 1 amide bonds. The highest BCUT2D eigenvalue weighted by Crippen LogP contribution is 2.02. The van der Waals surface area contributed by atoms with Crippen molar-refractivity contribution in [2.75, 3.05) is 13.7 Å². The lowest BCUT2D eigenvalue weighted by Gasteiger charge is -2.16. The van der Waals surface area contributed by atoms with Gasteiger partial charge < -0.3 is 14.8 Å². The summed E-state index contributed by atoms with van der Waals surface area (Å²) in [5, 5.41) is 2.44. The number of amides is 1. The summed E-state index contributed by atoms with van der Waals surface area (Å²) in [7, 11) is 1.18. The molecule has 0 aliphatic rings. The topological polar surface area (TPSA) is 107 Å². The van der Waals surface area contributed by atoms with E-state index in [1.165, 1.54) is 38.0 Å². The molecule has 0 spiro atoms. The standard InChI is InChI=1S/C16H15N3O5/c1-23-16(22)13(19-14(20)11-4-2-6-17-8-11)10-24-15(21)12-5-3-7-18-9-12/h2-9,13H,10H2,1H3,(H,19,20)/t13-/m0/s1. The van der Waals surface area contributed by atoms with Crippen LogP contribution in [0.5, 0.6) is 0 Å². The molecule has 24 heavy (non-hydrogen) atoms. The van der Waals surface area contributed by atoms with E-state index >= 15 is 0 Å². The third kappa shape index (κ3) is 4.60. The molecule has 0 aliphatic heterocycles. The van der Waals surface area contributed by atoms with Crippen molar-refractivity contribution in [1.29, 1.82) is 0 Å². The van der Waals surface area contributed by atoms with Gasteiger partial charge in [-0.2, -0.15) is 0 Å². The van der Waals surface area contributed by atoms with Crippen LogP contribution in [0, 0.1) is 0 Å². The fourth-order valence-corrected chi connectivity index (χ4v) is 1.78. The van der Waals surface area contributed by atoms with Crippen molar-refractivity contribution in [3.05, 3.63) is 60.2 Å². The lowest BCUT2D eigenvalue weighted by atomic mass is 10.2. The lowest BCUT2D eigenvalue weighted by molar-refractivity contribution is -0.143. The summed E-state index contributed by atoms with van der Waals surface area (Å²) in [6.45, 7) is -0.369. The minimum Gasteiger partial charge on any atom is -0.467 e. The Morgan fingerprint density at radius 1 is 1.08 bits per heavy atom. The first-order chi connectivity index (χ1) is 11.6. The lowest BCUT2D eigenvalue weighted by Crippen LogP contribution is -2.45. The quantitative estimate of drug-likeness (QED) is 0.773. The molecule has 1 atom stereocenters. The summed E-state index contributed by atoms with van der Waals surface area (Å²) in [5.74, 6) is -1.92. The number of hydrogen-bond donors (Lipinski definition) is 1. The Hall–Kier alpha value is -3.29. The summed E-state index contributed by atoms with van der Waals surface area (Å²) in [5.41, 5.74) is 0.504. The molecular weight excluding hydrogens is 314 g/mol. The van der Waals surface area contributed by atoms with Gasteiger partial charge in [-0.25, -0.2) is 9.59 Å². The molecule has 2 aromatic heterocycles. The molecule has 8 heteroatoms. The highest BCUT2D eigenvalue weighted by Gasteiger charge is 2.24. The van der Waals surface area contributed by atoms with Gasteiger partial charge in [0.25, 0.3) is 5.91 Å². The molecule has 1 N–H and O–H groups in total. The molecule has 8 nitrogen and oxygen atoms in total. The highest BCUT2D eigenvalue weighted by molar-refractivity contribution is 5.96. The number of carbonyl (C=O) groups is 3. The van der Waals surface area contributed by atoms with Crippen LogP contribution in [0.15, 0.2) is 49.1 Å².